The van der Waals surface area contributed by atoms with Crippen molar-refractivity contribution in [3.63, 3.8) is 0 Å². The maximum absolute atomic E-state index is 9.98. The van der Waals surface area contributed by atoms with Crippen LogP contribution in [0.3, 0.4) is 0 Å². The zero-order valence-corrected chi connectivity index (χ0v) is 10.9. The molecule has 0 bridgehead atoms. The average Bonchev–Trinajstić information content (AvgIpc) is 2.82. The van der Waals surface area contributed by atoms with Crippen LogP contribution in [0, 0.1) is 0 Å². The minimum Gasteiger partial charge on any atom is -0.494 e. The molecule has 0 fully saturated rings. The number of nitrogens with zero attached hydrogens (tertiary/aromatic N) is 2. The fraction of sp³-hybridized carbons (Fsp3) is 0. The van der Waals surface area contributed by atoms with Crippen LogP contribution in [0.5, 0.6) is 5.88 Å². The van der Waals surface area contributed by atoms with E-state index in [0.717, 1.165) is 16.2 Å². The van der Waals surface area contributed by atoms with Crippen molar-refractivity contribution >= 4 is 17.0 Å². The van der Waals surface area contributed by atoms with E-state index in [1.54, 1.807) is 9.95 Å². The molecule has 94 valence electrons. The second-order valence-corrected chi connectivity index (χ2v) is 4.83. The maximum atomic E-state index is 9.98. The van der Waals surface area contributed by atoms with E-state index >= 15 is 0 Å². The van der Waals surface area contributed by atoms with Gasteiger partial charge in [-0.15, -0.1) is 11.3 Å². The van der Waals surface area contributed by atoms with Crippen molar-refractivity contribution in [3.05, 3.63) is 70.8 Å². The molecule has 0 unspecified atom stereocenters. The van der Waals surface area contributed by atoms with Crippen LogP contribution in [0.1, 0.15) is 0 Å². The predicted octanol–water partition coefficient (Wildman–Crippen LogP) is 3.48. The van der Waals surface area contributed by atoms with E-state index in [0.29, 0.717) is 0 Å². The number of aromatic hydroxyl groups is 1. The van der Waals surface area contributed by atoms with Gasteiger partial charge in [-0.25, -0.2) is 4.99 Å². The van der Waals surface area contributed by atoms with Gasteiger partial charge in [0.1, 0.15) is 0 Å². The van der Waals surface area contributed by atoms with Crippen LogP contribution < -0.4 is 4.80 Å². The highest BCUT2D eigenvalue weighted by molar-refractivity contribution is 7.07. The molecule has 1 heterocycles. The molecule has 0 aliphatic carbocycles. The SMILES string of the molecule is Oc1csc(=Nc2ccccc2)n1-c1ccccc1. The van der Waals surface area contributed by atoms with E-state index < -0.39 is 0 Å². The normalized spacial score (nSPS) is 11.7. The van der Waals surface area contributed by atoms with Crippen molar-refractivity contribution in [1.29, 1.82) is 0 Å². The number of hydrogen-bond donors (Lipinski definition) is 1. The lowest BCUT2D eigenvalue weighted by molar-refractivity contribution is 0.440. The average molecular weight is 268 g/mol. The van der Waals surface area contributed by atoms with Gasteiger partial charge in [-0.2, -0.15) is 0 Å². The smallest absolute Gasteiger partial charge is 0.208 e. The van der Waals surface area contributed by atoms with Gasteiger partial charge in [-0.1, -0.05) is 36.4 Å². The summed E-state index contributed by atoms with van der Waals surface area (Å²) in [5.41, 5.74) is 1.77. The molecule has 3 rings (SSSR count). The molecule has 3 nitrogen and oxygen atoms in total. The van der Waals surface area contributed by atoms with Gasteiger partial charge in [0.05, 0.1) is 16.8 Å². The van der Waals surface area contributed by atoms with Gasteiger partial charge in [0.25, 0.3) is 0 Å². The topological polar surface area (TPSA) is 37.5 Å². The quantitative estimate of drug-likeness (QED) is 0.759. The molecule has 0 amide bonds. The number of thiazole rings is 1. The predicted molar refractivity (Wildman–Crippen MR) is 77.0 cm³/mol. The van der Waals surface area contributed by atoms with Crippen molar-refractivity contribution in [3.8, 4) is 11.6 Å². The van der Waals surface area contributed by atoms with Gasteiger partial charge in [-0.3, -0.25) is 4.57 Å². The van der Waals surface area contributed by atoms with E-state index in [1.807, 2.05) is 60.7 Å². The Balaban J connectivity index is 2.17. The Kier molecular flexibility index (Phi) is 3.16. The van der Waals surface area contributed by atoms with Gasteiger partial charge in [-0.05, 0) is 24.3 Å². The Labute approximate surface area is 114 Å². The highest BCUT2D eigenvalue weighted by Crippen LogP contribution is 2.17. The Morgan fingerprint density at radius 1 is 0.895 bits per heavy atom. The van der Waals surface area contributed by atoms with Crippen molar-refractivity contribution in [2.75, 3.05) is 0 Å². The van der Waals surface area contributed by atoms with Crippen molar-refractivity contribution in [2.24, 2.45) is 4.99 Å². The lowest BCUT2D eigenvalue weighted by Gasteiger charge is -2.03. The molecular weight excluding hydrogens is 256 g/mol. The summed E-state index contributed by atoms with van der Waals surface area (Å²) in [6.07, 6.45) is 0. The summed E-state index contributed by atoms with van der Waals surface area (Å²) in [4.78, 5) is 5.31. The highest BCUT2D eigenvalue weighted by atomic mass is 32.1. The van der Waals surface area contributed by atoms with Gasteiger partial charge >= 0.3 is 0 Å². The van der Waals surface area contributed by atoms with E-state index in [1.165, 1.54) is 11.3 Å². The summed E-state index contributed by atoms with van der Waals surface area (Å²) in [6.45, 7) is 0. The molecule has 1 N–H and O–H groups in total. The van der Waals surface area contributed by atoms with Crippen LogP contribution in [0.15, 0.2) is 71.0 Å². The molecular formula is C15H12N2OS. The third-order valence-electron chi connectivity index (χ3n) is 2.69. The zero-order chi connectivity index (χ0) is 13.1. The second kappa shape index (κ2) is 5.12. The molecule has 0 atom stereocenters. The van der Waals surface area contributed by atoms with Gasteiger partial charge in [0.15, 0.2) is 4.80 Å². The monoisotopic (exact) mass is 268 g/mol. The van der Waals surface area contributed by atoms with Crippen LogP contribution >= 0.6 is 11.3 Å². The number of benzene rings is 2. The van der Waals surface area contributed by atoms with E-state index in [9.17, 15) is 5.11 Å². The molecule has 0 radical (unpaired) electrons. The first-order valence-electron chi connectivity index (χ1n) is 5.89. The first-order chi connectivity index (χ1) is 9.34. The molecule has 0 saturated heterocycles. The molecule has 1 aromatic heterocycles. The molecule has 0 aliphatic heterocycles. The zero-order valence-electron chi connectivity index (χ0n) is 10.1. The fourth-order valence-electron chi connectivity index (χ4n) is 1.82. The number of hydrogen-bond acceptors (Lipinski definition) is 3. The highest BCUT2D eigenvalue weighted by Gasteiger charge is 2.05. The van der Waals surface area contributed by atoms with Crippen LogP contribution in [-0.4, -0.2) is 9.67 Å². The Morgan fingerprint density at radius 3 is 2.21 bits per heavy atom. The van der Waals surface area contributed by atoms with E-state index in [-0.39, 0.29) is 5.88 Å². The van der Waals surface area contributed by atoms with E-state index in [2.05, 4.69) is 4.99 Å². The lowest BCUT2D eigenvalue weighted by Crippen LogP contribution is -2.11. The van der Waals surface area contributed by atoms with Crippen molar-refractivity contribution < 1.29 is 5.11 Å². The Morgan fingerprint density at radius 2 is 1.53 bits per heavy atom. The third kappa shape index (κ3) is 2.44. The first-order valence-corrected chi connectivity index (χ1v) is 6.77. The molecule has 0 aliphatic rings. The van der Waals surface area contributed by atoms with Gasteiger partial charge in [0.2, 0.25) is 5.88 Å². The van der Waals surface area contributed by atoms with Crippen LogP contribution in [-0.2, 0) is 0 Å². The molecule has 4 heteroatoms. The van der Waals surface area contributed by atoms with Gasteiger partial charge in [0, 0.05) is 0 Å². The minimum absolute atomic E-state index is 0.200. The molecule has 19 heavy (non-hydrogen) atoms. The number of aromatic nitrogens is 1. The maximum Gasteiger partial charge on any atom is 0.208 e. The lowest BCUT2D eigenvalue weighted by atomic mass is 10.3. The minimum atomic E-state index is 0.200. The third-order valence-corrected chi connectivity index (χ3v) is 3.50. The number of rotatable bonds is 2. The fourth-order valence-corrected chi connectivity index (χ4v) is 2.60. The van der Waals surface area contributed by atoms with Crippen molar-refractivity contribution in [1.82, 2.24) is 4.57 Å². The summed E-state index contributed by atoms with van der Waals surface area (Å²) >= 11 is 1.41. The van der Waals surface area contributed by atoms with Crippen LogP contribution in [0.2, 0.25) is 0 Å². The largest absolute Gasteiger partial charge is 0.494 e. The van der Waals surface area contributed by atoms with E-state index in [4.69, 9.17) is 0 Å². The number of para-hydroxylation sites is 2. The van der Waals surface area contributed by atoms with Crippen LogP contribution in [0.25, 0.3) is 5.69 Å². The Hall–Kier alpha value is -2.33. The van der Waals surface area contributed by atoms with Crippen molar-refractivity contribution in [2.45, 2.75) is 0 Å². The summed E-state index contributed by atoms with van der Waals surface area (Å²) in [5, 5.41) is 11.7. The molecule has 0 spiro atoms. The first kappa shape index (κ1) is 11.7. The summed E-state index contributed by atoms with van der Waals surface area (Å²) in [7, 11) is 0. The van der Waals surface area contributed by atoms with Crippen LogP contribution in [0.4, 0.5) is 5.69 Å². The second-order valence-electron chi connectivity index (χ2n) is 3.99. The molecule has 3 aromatic rings. The molecule has 2 aromatic carbocycles. The summed E-state index contributed by atoms with van der Waals surface area (Å²) in [5.74, 6) is 0.200. The Bertz CT molecular complexity index is 730. The van der Waals surface area contributed by atoms with Gasteiger partial charge < -0.3 is 5.11 Å². The summed E-state index contributed by atoms with van der Waals surface area (Å²) in [6, 6.07) is 19.4. The summed E-state index contributed by atoms with van der Waals surface area (Å²) < 4.78 is 1.73. The standard InChI is InChI=1S/C15H12N2OS/c18-14-11-19-15(16-12-7-3-1-4-8-12)17(14)13-9-5-2-6-10-13/h1-11,18H. The molecule has 0 saturated carbocycles.